The molecular formula is C21H24N4O3. The summed E-state index contributed by atoms with van der Waals surface area (Å²) in [5.74, 6) is 1.95. The van der Waals surface area contributed by atoms with Crippen molar-refractivity contribution in [2.45, 2.75) is 26.0 Å². The molecule has 4 rings (SSSR count). The summed E-state index contributed by atoms with van der Waals surface area (Å²) in [5, 5.41) is 2.98. The van der Waals surface area contributed by atoms with Crippen LogP contribution in [0, 0.1) is 5.92 Å². The maximum atomic E-state index is 12.6. The van der Waals surface area contributed by atoms with Crippen molar-refractivity contribution in [3.8, 4) is 5.75 Å². The minimum atomic E-state index is -0.0559. The van der Waals surface area contributed by atoms with Gasteiger partial charge in [0.25, 0.3) is 0 Å². The number of anilines is 1. The smallest absolute Gasteiger partial charge is 0.321 e. The van der Waals surface area contributed by atoms with Gasteiger partial charge in [0.15, 0.2) is 0 Å². The first-order chi connectivity index (χ1) is 13.8. The highest BCUT2D eigenvalue weighted by molar-refractivity contribution is 5.89. The highest BCUT2D eigenvalue weighted by Gasteiger charge is 2.24. The Labute approximate surface area is 163 Å². The monoisotopic (exact) mass is 380 g/mol. The highest BCUT2D eigenvalue weighted by atomic mass is 16.5. The van der Waals surface area contributed by atoms with E-state index in [4.69, 9.17) is 9.15 Å². The van der Waals surface area contributed by atoms with Crippen molar-refractivity contribution in [1.29, 1.82) is 0 Å². The van der Waals surface area contributed by atoms with Gasteiger partial charge in [0, 0.05) is 37.7 Å². The fourth-order valence-electron chi connectivity index (χ4n) is 3.48. The predicted molar refractivity (Wildman–Crippen MR) is 105 cm³/mol. The zero-order chi connectivity index (χ0) is 19.2. The van der Waals surface area contributed by atoms with Crippen molar-refractivity contribution in [2.24, 2.45) is 5.92 Å². The Morgan fingerprint density at radius 1 is 1.29 bits per heavy atom. The molecule has 1 fully saturated rings. The van der Waals surface area contributed by atoms with Gasteiger partial charge in [0.1, 0.15) is 18.1 Å². The van der Waals surface area contributed by atoms with Gasteiger partial charge in [-0.15, -0.1) is 0 Å². The van der Waals surface area contributed by atoms with Gasteiger partial charge in [-0.2, -0.15) is 0 Å². The molecule has 3 aromatic rings. The van der Waals surface area contributed by atoms with Crippen molar-refractivity contribution in [1.82, 2.24) is 14.5 Å². The van der Waals surface area contributed by atoms with Crippen molar-refractivity contribution in [2.75, 3.05) is 18.4 Å². The topological polar surface area (TPSA) is 72.5 Å². The SMILES string of the molecule is O=C(Nc1ccc(OCc2ccco2)cc1)N1CCCC(Cn2ccnc2)C1. The van der Waals surface area contributed by atoms with Crippen LogP contribution in [0.15, 0.2) is 65.8 Å². The normalized spacial score (nSPS) is 16.7. The summed E-state index contributed by atoms with van der Waals surface area (Å²) < 4.78 is 13.0. The minimum absolute atomic E-state index is 0.0559. The molecule has 1 aliphatic rings. The van der Waals surface area contributed by atoms with Gasteiger partial charge in [0.2, 0.25) is 0 Å². The van der Waals surface area contributed by atoms with E-state index < -0.39 is 0 Å². The second-order valence-corrected chi connectivity index (χ2v) is 7.04. The third kappa shape index (κ3) is 4.73. The molecule has 1 aliphatic heterocycles. The lowest BCUT2D eigenvalue weighted by Gasteiger charge is -2.33. The number of rotatable bonds is 6. The van der Waals surface area contributed by atoms with Gasteiger partial charge in [-0.1, -0.05) is 0 Å². The van der Waals surface area contributed by atoms with E-state index in [2.05, 4.69) is 14.9 Å². The van der Waals surface area contributed by atoms with Crippen LogP contribution in [-0.2, 0) is 13.2 Å². The first-order valence-corrected chi connectivity index (χ1v) is 9.53. The fourth-order valence-corrected chi connectivity index (χ4v) is 3.48. The first-order valence-electron chi connectivity index (χ1n) is 9.53. The maximum absolute atomic E-state index is 12.6. The number of ether oxygens (including phenoxy) is 1. The molecule has 0 spiro atoms. The van der Waals surface area contributed by atoms with E-state index in [0.29, 0.717) is 12.5 Å². The second kappa shape index (κ2) is 8.65. The summed E-state index contributed by atoms with van der Waals surface area (Å²) in [7, 11) is 0. The molecule has 0 saturated carbocycles. The number of amides is 2. The second-order valence-electron chi connectivity index (χ2n) is 7.04. The lowest BCUT2D eigenvalue weighted by molar-refractivity contribution is 0.170. The zero-order valence-electron chi connectivity index (χ0n) is 15.7. The van der Waals surface area contributed by atoms with E-state index in [1.807, 2.05) is 53.8 Å². The molecule has 2 amide bonds. The van der Waals surface area contributed by atoms with Crippen molar-refractivity contribution >= 4 is 11.7 Å². The minimum Gasteiger partial charge on any atom is -0.486 e. The van der Waals surface area contributed by atoms with E-state index in [1.54, 1.807) is 12.5 Å². The summed E-state index contributed by atoms with van der Waals surface area (Å²) in [6.45, 7) is 2.82. The molecule has 146 valence electrons. The fraction of sp³-hybridized carbons (Fsp3) is 0.333. The van der Waals surface area contributed by atoms with Gasteiger partial charge >= 0.3 is 6.03 Å². The lowest BCUT2D eigenvalue weighted by atomic mass is 9.98. The van der Waals surface area contributed by atoms with Gasteiger partial charge in [-0.3, -0.25) is 0 Å². The number of furan rings is 1. The Morgan fingerprint density at radius 2 is 2.18 bits per heavy atom. The van der Waals surface area contributed by atoms with Crippen LogP contribution in [0.25, 0.3) is 0 Å². The summed E-state index contributed by atoms with van der Waals surface area (Å²) in [5.41, 5.74) is 0.757. The van der Waals surface area contributed by atoms with Crippen LogP contribution < -0.4 is 10.1 Å². The number of carbonyl (C=O) groups is 1. The largest absolute Gasteiger partial charge is 0.486 e. The number of imidazole rings is 1. The number of carbonyl (C=O) groups excluding carboxylic acids is 1. The third-order valence-corrected chi connectivity index (χ3v) is 4.90. The van der Waals surface area contributed by atoms with Crippen LogP contribution in [-0.4, -0.2) is 33.6 Å². The number of likely N-dealkylation sites (tertiary alicyclic amines) is 1. The molecule has 3 heterocycles. The van der Waals surface area contributed by atoms with Crippen LogP contribution in [0.3, 0.4) is 0 Å². The van der Waals surface area contributed by atoms with Gasteiger partial charge in [-0.05, 0) is 55.2 Å². The van der Waals surface area contributed by atoms with Crippen LogP contribution in [0.2, 0.25) is 0 Å². The molecule has 2 aromatic heterocycles. The number of hydrogen-bond acceptors (Lipinski definition) is 4. The number of benzene rings is 1. The molecule has 1 aromatic carbocycles. The van der Waals surface area contributed by atoms with Crippen molar-refractivity contribution in [3.05, 3.63) is 67.1 Å². The Balaban J connectivity index is 1.27. The summed E-state index contributed by atoms with van der Waals surface area (Å²) in [6, 6.07) is 11.0. The van der Waals surface area contributed by atoms with E-state index in [-0.39, 0.29) is 6.03 Å². The number of nitrogens with one attached hydrogen (secondary N) is 1. The Kier molecular flexibility index (Phi) is 5.61. The standard InChI is InChI=1S/C21H24N4O3/c26-21(25-10-1-3-17(14-25)13-24-11-9-22-16-24)23-18-5-7-19(8-6-18)28-15-20-4-2-12-27-20/h2,4-9,11-12,16-17H,1,3,10,13-15H2,(H,23,26). The molecule has 7 nitrogen and oxygen atoms in total. The average Bonchev–Trinajstić information content (AvgIpc) is 3.42. The van der Waals surface area contributed by atoms with Gasteiger partial charge in [-0.25, -0.2) is 9.78 Å². The highest BCUT2D eigenvalue weighted by Crippen LogP contribution is 2.21. The molecule has 0 radical (unpaired) electrons. The summed E-state index contributed by atoms with van der Waals surface area (Å²) in [4.78, 5) is 18.6. The zero-order valence-corrected chi connectivity index (χ0v) is 15.7. The molecule has 28 heavy (non-hydrogen) atoms. The van der Waals surface area contributed by atoms with Crippen LogP contribution in [0.4, 0.5) is 10.5 Å². The number of urea groups is 1. The number of nitrogens with zero attached hydrogens (tertiary/aromatic N) is 3. The summed E-state index contributed by atoms with van der Waals surface area (Å²) >= 11 is 0. The molecule has 1 N–H and O–H groups in total. The number of aromatic nitrogens is 2. The Bertz CT molecular complexity index is 860. The molecule has 7 heteroatoms. The first kappa shape index (κ1) is 18.2. The van der Waals surface area contributed by atoms with Gasteiger partial charge in [0.05, 0.1) is 12.6 Å². The van der Waals surface area contributed by atoms with Gasteiger partial charge < -0.3 is 23.9 Å². The lowest BCUT2D eigenvalue weighted by Crippen LogP contribution is -2.43. The number of hydrogen-bond donors (Lipinski definition) is 1. The molecule has 1 saturated heterocycles. The van der Waals surface area contributed by atoms with Crippen molar-refractivity contribution < 1.29 is 13.9 Å². The van der Waals surface area contributed by atoms with E-state index >= 15 is 0 Å². The van der Waals surface area contributed by atoms with E-state index in [1.165, 1.54) is 0 Å². The van der Waals surface area contributed by atoms with Crippen LogP contribution >= 0.6 is 0 Å². The maximum Gasteiger partial charge on any atom is 0.321 e. The van der Waals surface area contributed by atoms with Crippen molar-refractivity contribution in [3.63, 3.8) is 0 Å². The summed E-state index contributed by atoms with van der Waals surface area (Å²) in [6.07, 6.45) is 9.35. The average molecular weight is 380 g/mol. The molecular weight excluding hydrogens is 356 g/mol. The predicted octanol–water partition coefficient (Wildman–Crippen LogP) is 4.00. The molecule has 0 aliphatic carbocycles. The Morgan fingerprint density at radius 3 is 2.93 bits per heavy atom. The van der Waals surface area contributed by atoms with Crippen LogP contribution in [0.5, 0.6) is 5.75 Å². The van der Waals surface area contributed by atoms with E-state index in [0.717, 1.165) is 49.7 Å². The van der Waals surface area contributed by atoms with E-state index in [9.17, 15) is 4.79 Å². The van der Waals surface area contributed by atoms with Crippen LogP contribution in [0.1, 0.15) is 18.6 Å². The molecule has 1 unspecified atom stereocenters. The number of piperidine rings is 1. The Hall–Kier alpha value is -3.22. The third-order valence-electron chi connectivity index (χ3n) is 4.90. The molecule has 0 bridgehead atoms. The quantitative estimate of drug-likeness (QED) is 0.702. The molecule has 1 atom stereocenters.